The van der Waals surface area contributed by atoms with Crippen molar-refractivity contribution in [2.24, 2.45) is 11.7 Å². The van der Waals surface area contributed by atoms with E-state index in [1.54, 1.807) is 6.92 Å². The summed E-state index contributed by atoms with van der Waals surface area (Å²) >= 11 is 0. The number of rotatable bonds is 3. The smallest absolute Gasteiger partial charge is 0.246 e. The Kier molecular flexibility index (Phi) is 3.79. The van der Waals surface area contributed by atoms with Gasteiger partial charge >= 0.3 is 0 Å². The van der Waals surface area contributed by atoms with Gasteiger partial charge < -0.3 is 15.4 Å². The van der Waals surface area contributed by atoms with Crippen LogP contribution in [0.1, 0.15) is 63.2 Å². The van der Waals surface area contributed by atoms with E-state index in [0.717, 1.165) is 24.6 Å². The van der Waals surface area contributed by atoms with Crippen molar-refractivity contribution in [1.29, 1.82) is 0 Å². The molecule has 96 valence electrons. The maximum absolute atomic E-state index is 9.38. The minimum atomic E-state index is -0.672. The normalized spacial score (nSPS) is 28.9. The van der Waals surface area contributed by atoms with Crippen LogP contribution in [0, 0.1) is 5.92 Å². The van der Waals surface area contributed by atoms with Crippen molar-refractivity contribution in [3.63, 3.8) is 0 Å². The molecule has 0 spiro atoms. The molecule has 3 N–H and O–H groups in total. The van der Waals surface area contributed by atoms with Crippen LogP contribution in [-0.4, -0.2) is 21.4 Å². The highest BCUT2D eigenvalue weighted by molar-refractivity contribution is 5.00. The summed E-state index contributed by atoms with van der Waals surface area (Å²) < 4.78 is 5.12. The fourth-order valence-electron chi connectivity index (χ4n) is 2.27. The van der Waals surface area contributed by atoms with Crippen LogP contribution in [0.15, 0.2) is 4.52 Å². The van der Waals surface area contributed by atoms with Gasteiger partial charge in [-0.1, -0.05) is 24.9 Å². The maximum atomic E-state index is 9.38. The Bertz CT molecular complexity index is 356. The van der Waals surface area contributed by atoms with Crippen molar-refractivity contribution >= 4 is 0 Å². The third-order valence-electron chi connectivity index (χ3n) is 3.64. The summed E-state index contributed by atoms with van der Waals surface area (Å²) in [5, 5.41) is 13.4. The highest BCUT2D eigenvalue weighted by Crippen LogP contribution is 2.34. The molecule has 1 aromatic heterocycles. The van der Waals surface area contributed by atoms with Crippen molar-refractivity contribution in [1.82, 2.24) is 10.1 Å². The minimum absolute atomic E-state index is 0.341. The van der Waals surface area contributed by atoms with Crippen molar-refractivity contribution < 1.29 is 9.63 Å². The summed E-state index contributed by atoms with van der Waals surface area (Å²) in [5.74, 6) is 2.29. The second kappa shape index (κ2) is 5.14. The first-order valence-corrected chi connectivity index (χ1v) is 6.35. The predicted octanol–water partition coefficient (Wildman–Crippen LogP) is 1.74. The van der Waals surface area contributed by atoms with Crippen LogP contribution in [0.5, 0.6) is 0 Å². The third-order valence-corrected chi connectivity index (χ3v) is 3.64. The molecule has 0 aromatic carbocycles. The number of nitrogens with zero attached hydrogens (tertiary/aromatic N) is 2. The van der Waals surface area contributed by atoms with Gasteiger partial charge in [0.15, 0.2) is 5.82 Å². The molecule has 0 amide bonds. The second-order valence-corrected chi connectivity index (χ2v) is 5.21. The summed E-state index contributed by atoms with van der Waals surface area (Å²) in [6.45, 7) is 3.90. The highest BCUT2D eigenvalue weighted by Gasteiger charge is 2.26. The van der Waals surface area contributed by atoms with Gasteiger partial charge in [0.05, 0.1) is 6.10 Å². The lowest BCUT2D eigenvalue weighted by molar-refractivity contribution is 0.146. The standard InChI is InChI=1S/C12H21N3O2/c1-7-3-5-9(6-4-7)11-14-12(17-15-11)10(13)8(2)16/h7-10,16H,3-6,13H2,1-2H3. The predicted molar refractivity (Wildman–Crippen MR) is 63.3 cm³/mol. The number of aromatic nitrogens is 2. The Balaban J connectivity index is 2.03. The summed E-state index contributed by atoms with van der Waals surface area (Å²) in [7, 11) is 0. The lowest BCUT2D eigenvalue weighted by Gasteiger charge is -2.23. The van der Waals surface area contributed by atoms with E-state index in [1.165, 1.54) is 12.8 Å². The molecule has 0 saturated heterocycles. The maximum Gasteiger partial charge on any atom is 0.246 e. The molecule has 2 atom stereocenters. The van der Waals surface area contributed by atoms with E-state index >= 15 is 0 Å². The molecule has 1 saturated carbocycles. The number of aliphatic hydroxyl groups is 1. The van der Waals surface area contributed by atoms with Crippen LogP contribution in [0.2, 0.25) is 0 Å². The molecule has 1 heterocycles. The van der Waals surface area contributed by atoms with Crippen molar-refractivity contribution in [3.05, 3.63) is 11.7 Å². The van der Waals surface area contributed by atoms with E-state index in [2.05, 4.69) is 17.1 Å². The first kappa shape index (κ1) is 12.5. The lowest BCUT2D eigenvalue weighted by Crippen LogP contribution is -2.23. The Labute approximate surface area is 101 Å². The molecule has 2 unspecified atom stereocenters. The zero-order chi connectivity index (χ0) is 12.4. The van der Waals surface area contributed by atoms with Gasteiger partial charge in [0.1, 0.15) is 6.04 Å². The minimum Gasteiger partial charge on any atom is -0.391 e. The van der Waals surface area contributed by atoms with Gasteiger partial charge in [0, 0.05) is 5.92 Å². The van der Waals surface area contributed by atoms with Crippen LogP contribution < -0.4 is 5.73 Å². The SMILES string of the molecule is CC1CCC(c2noc(C(N)C(C)O)n2)CC1. The Morgan fingerprint density at radius 2 is 2.00 bits per heavy atom. The van der Waals surface area contributed by atoms with E-state index in [9.17, 15) is 5.11 Å². The monoisotopic (exact) mass is 239 g/mol. The van der Waals surface area contributed by atoms with E-state index in [-0.39, 0.29) is 0 Å². The molecule has 2 rings (SSSR count). The zero-order valence-electron chi connectivity index (χ0n) is 10.5. The van der Waals surface area contributed by atoms with Crippen LogP contribution >= 0.6 is 0 Å². The summed E-state index contributed by atoms with van der Waals surface area (Å²) in [6.07, 6.45) is 4.00. The van der Waals surface area contributed by atoms with Gasteiger partial charge in [-0.25, -0.2) is 0 Å². The van der Waals surface area contributed by atoms with Crippen LogP contribution in [-0.2, 0) is 0 Å². The molecule has 1 aliphatic carbocycles. The average Bonchev–Trinajstić information content (AvgIpc) is 2.78. The summed E-state index contributed by atoms with van der Waals surface area (Å²) in [6, 6.07) is -0.584. The topological polar surface area (TPSA) is 85.2 Å². The summed E-state index contributed by atoms with van der Waals surface area (Å²) in [4.78, 5) is 4.32. The Hall–Kier alpha value is -0.940. The molecule has 0 bridgehead atoms. The Morgan fingerprint density at radius 3 is 2.59 bits per heavy atom. The van der Waals surface area contributed by atoms with E-state index in [0.29, 0.717) is 11.8 Å². The van der Waals surface area contributed by atoms with Crippen LogP contribution in [0.3, 0.4) is 0 Å². The van der Waals surface area contributed by atoms with E-state index in [1.807, 2.05) is 0 Å². The van der Waals surface area contributed by atoms with Crippen LogP contribution in [0.25, 0.3) is 0 Å². The molecular formula is C12H21N3O2. The van der Waals surface area contributed by atoms with Crippen LogP contribution in [0.4, 0.5) is 0 Å². The highest BCUT2D eigenvalue weighted by atomic mass is 16.5. The number of nitrogens with two attached hydrogens (primary N) is 1. The van der Waals surface area contributed by atoms with Crippen molar-refractivity contribution in [3.8, 4) is 0 Å². The number of hydrogen-bond donors (Lipinski definition) is 2. The van der Waals surface area contributed by atoms with Gasteiger partial charge in [0.2, 0.25) is 5.89 Å². The zero-order valence-corrected chi connectivity index (χ0v) is 10.5. The molecule has 5 heteroatoms. The molecule has 0 aliphatic heterocycles. The fourth-order valence-corrected chi connectivity index (χ4v) is 2.27. The Morgan fingerprint density at radius 1 is 1.35 bits per heavy atom. The summed E-state index contributed by atoms with van der Waals surface area (Å²) in [5.41, 5.74) is 5.76. The van der Waals surface area contributed by atoms with E-state index < -0.39 is 12.1 Å². The lowest BCUT2D eigenvalue weighted by atomic mass is 9.83. The average molecular weight is 239 g/mol. The first-order valence-electron chi connectivity index (χ1n) is 6.35. The van der Waals surface area contributed by atoms with Gasteiger partial charge in [0.25, 0.3) is 0 Å². The molecule has 17 heavy (non-hydrogen) atoms. The van der Waals surface area contributed by atoms with Gasteiger partial charge in [-0.15, -0.1) is 0 Å². The fraction of sp³-hybridized carbons (Fsp3) is 0.833. The van der Waals surface area contributed by atoms with E-state index in [4.69, 9.17) is 10.3 Å². The molecule has 5 nitrogen and oxygen atoms in total. The molecule has 1 fully saturated rings. The number of hydrogen-bond acceptors (Lipinski definition) is 5. The number of aliphatic hydroxyl groups excluding tert-OH is 1. The van der Waals surface area contributed by atoms with Gasteiger partial charge in [-0.05, 0) is 25.7 Å². The third kappa shape index (κ3) is 2.84. The van der Waals surface area contributed by atoms with Crippen molar-refractivity contribution in [2.75, 3.05) is 0 Å². The van der Waals surface area contributed by atoms with Crippen molar-refractivity contribution in [2.45, 2.75) is 57.6 Å². The van der Waals surface area contributed by atoms with Gasteiger partial charge in [-0.3, -0.25) is 0 Å². The molecule has 1 aliphatic rings. The second-order valence-electron chi connectivity index (χ2n) is 5.21. The van der Waals surface area contributed by atoms with Gasteiger partial charge in [-0.2, -0.15) is 4.98 Å². The quantitative estimate of drug-likeness (QED) is 0.839. The molecule has 0 radical (unpaired) electrons. The largest absolute Gasteiger partial charge is 0.391 e. The first-order chi connectivity index (χ1) is 8.08. The molecule has 1 aromatic rings. The molecular weight excluding hydrogens is 218 g/mol.